The molecule has 3 aromatic carbocycles. The van der Waals surface area contributed by atoms with E-state index in [4.69, 9.17) is 36.9 Å². The molecule has 0 aliphatic heterocycles. The fourth-order valence-corrected chi connectivity index (χ4v) is 5.19. The van der Waals surface area contributed by atoms with Gasteiger partial charge in [-0.05, 0) is 72.9 Å². The molecule has 0 radical (unpaired) electrons. The van der Waals surface area contributed by atoms with Crippen molar-refractivity contribution in [2.75, 3.05) is 0 Å². The van der Waals surface area contributed by atoms with Crippen molar-refractivity contribution in [3.8, 4) is 28.1 Å². The van der Waals surface area contributed by atoms with Gasteiger partial charge in [-0.25, -0.2) is 4.79 Å². The fourth-order valence-electron chi connectivity index (χ4n) is 4.61. The van der Waals surface area contributed by atoms with E-state index in [0.29, 0.717) is 43.9 Å². The van der Waals surface area contributed by atoms with E-state index in [2.05, 4.69) is 5.16 Å². The summed E-state index contributed by atoms with van der Waals surface area (Å²) in [6.45, 7) is 2.27. The molecule has 0 atom stereocenters. The second-order valence-electron chi connectivity index (χ2n) is 9.18. The zero-order chi connectivity index (χ0) is 25.7. The maximum atomic E-state index is 11.4. The highest BCUT2D eigenvalue weighted by Crippen LogP contribution is 2.46. The second-order valence-corrected chi connectivity index (χ2v) is 9.99. The van der Waals surface area contributed by atoms with Crippen LogP contribution < -0.4 is 4.74 Å². The van der Waals surface area contributed by atoms with E-state index in [1.165, 1.54) is 6.26 Å². The minimum atomic E-state index is -1.01. The standard InChI is InChI=1S/C29H21Cl2NO5/c1-15-11-18(8-10-19(15)17-7-9-20-21(29(33)34)13-36-25(20)12-17)35-14-22-27(32-37-28(22)16-5-6-16)26-23(30)3-2-4-24(26)31/h2-4,7-13,16H,5-6,14H2,1H3,(H,33,34). The monoisotopic (exact) mass is 533 g/mol. The topological polar surface area (TPSA) is 85.7 Å². The number of benzene rings is 3. The van der Waals surface area contributed by atoms with Crippen LogP contribution in [0, 0.1) is 6.92 Å². The van der Waals surface area contributed by atoms with Crippen molar-refractivity contribution in [2.45, 2.75) is 32.3 Å². The van der Waals surface area contributed by atoms with Crippen LogP contribution in [0.25, 0.3) is 33.4 Å². The molecule has 2 heterocycles. The Morgan fingerprint density at radius 3 is 2.59 bits per heavy atom. The molecule has 1 fully saturated rings. The van der Waals surface area contributed by atoms with Gasteiger partial charge in [0.2, 0.25) is 0 Å². The largest absolute Gasteiger partial charge is 0.489 e. The number of furan rings is 1. The molecule has 0 saturated heterocycles. The number of carboxylic acid groups (broad SMARTS) is 1. The van der Waals surface area contributed by atoms with Gasteiger partial charge in [-0.15, -0.1) is 0 Å². The van der Waals surface area contributed by atoms with Gasteiger partial charge >= 0.3 is 5.97 Å². The molecule has 1 aliphatic carbocycles. The molecule has 2 aromatic heterocycles. The van der Waals surface area contributed by atoms with E-state index >= 15 is 0 Å². The van der Waals surface area contributed by atoms with Gasteiger partial charge < -0.3 is 18.8 Å². The molecule has 1 aliphatic rings. The van der Waals surface area contributed by atoms with E-state index in [1.807, 2.05) is 37.3 Å². The Balaban J connectivity index is 1.28. The SMILES string of the molecule is Cc1cc(OCc2c(-c3c(Cl)cccc3Cl)noc2C2CC2)ccc1-c1ccc2c(C(=O)O)coc2c1. The Labute approximate surface area is 222 Å². The molecule has 8 heteroatoms. The minimum absolute atomic E-state index is 0.152. The summed E-state index contributed by atoms with van der Waals surface area (Å²) >= 11 is 12.9. The van der Waals surface area contributed by atoms with Crippen LogP contribution in [0.15, 0.2) is 69.8 Å². The third-order valence-electron chi connectivity index (χ3n) is 6.66. The summed E-state index contributed by atoms with van der Waals surface area (Å²) in [6.07, 6.45) is 3.38. The van der Waals surface area contributed by atoms with Gasteiger partial charge in [-0.1, -0.05) is 46.6 Å². The molecular formula is C29H21Cl2NO5. The normalized spacial score (nSPS) is 13.3. The number of carbonyl (C=O) groups is 1. The molecule has 0 spiro atoms. The van der Waals surface area contributed by atoms with Crippen LogP contribution in [0.3, 0.4) is 0 Å². The van der Waals surface area contributed by atoms with Crippen LogP contribution in [0.2, 0.25) is 10.0 Å². The minimum Gasteiger partial charge on any atom is -0.489 e. The predicted molar refractivity (Wildman–Crippen MR) is 142 cm³/mol. The van der Waals surface area contributed by atoms with Crippen molar-refractivity contribution in [1.29, 1.82) is 0 Å². The quantitative estimate of drug-likeness (QED) is 0.225. The average Bonchev–Trinajstić information content (AvgIpc) is 3.49. The van der Waals surface area contributed by atoms with Crippen LogP contribution >= 0.6 is 23.2 Å². The number of carboxylic acids is 1. The number of rotatable bonds is 7. The average molecular weight is 534 g/mol. The van der Waals surface area contributed by atoms with Crippen LogP contribution in [0.1, 0.15) is 46.0 Å². The zero-order valence-electron chi connectivity index (χ0n) is 19.8. The highest BCUT2D eigenvalue weighted by molar-refractivity contribution is 6.39. The summed E-state index contributed by atoms with van der Waals surface area (Å²) in [4.78, 5) is 11.4. The third-order valence-corrected chi connectivity index (χ3v) is 7.29. The lowest BCUT2D eigenvalue weighted by Crippen LogP contribution is -2.00. The summed E-state index contributed by atoms with van der Waals surface area (Å²) in [5, 5.41) is 15.2. The number of hydrogen-bond donors (Lipinski definition) is 1. The Bertz CT molecular complexity index is 1640. The van der Waals surface area contributed by atoms with E-state index in [-0.39, 0.29) is 12.2 Å². The molecule has 1 N–H and O–H groups in total. The lowest BCUT2D eigenvalue weighted by Gasteiger charge is -2.12. The Morgan fingerprint density at radius 2 is 1.89 bits per heavy atom. The summed E-state index contributed by atoms with van der Waals surface area (Å²) in [5.74, 6) is 0.852. The first-order chi connectivity index (χ1) is 17.9. The number of aryl methyl sites for hydroxylation is 1. The van der Waals surface area contributed by atoms with Crippen molar-refractivity contribution in [3.05, 3.63) is 93.4 Å². The molecule has 5 aromatic rings. The number of aromatic nitrogens is 1. The van der Waals surface area contributed by atoms with Gasteiger partial charge in [-0.2, -0.15) is 0 Å². The van der Waals surface area contributed by atoms with Crippen LogP contribution in [-0.4, -0.2) is 16.2 Å². The second kappa shape index (κ2) is 9.29. The van der Waals surface area contributed by atoms with Gasteiger partial charge in [0.15, 0.2) is 0 Å². The fraction of sp³-hybridized carbons (Fsp3) is 0.172. The number of hydrogen-bond acceptors (Lipinski definition) is 5. The molecular weight excluding hydrogens is 513 g/mol. The molecule has 1 saturated carbocycles. The van der Waals surface area contributed by atoms with Gasteiger partial charge in [0.05, 0.1) is 15.6 Å². The summed E-state index contributed by atoms with van der Waals surface area (Å²) in [7, 11) is 0. The molecule has 6 rings (SSSR count). The first-order valence-corrected chi connectivity index (χ1v) is 12.6. The van der Waals surface area contributed by atoms with E-state index < -0.39 is 5.97 Å². The molecule has 37 heavy (non-hydrogen) atoms. The Morgan fingerprint density at radius 1 is 1.11 bits per heavy atom. The van der Waals surface area contributed by atoms with Gasteiger partial charge in [-0.3, -0.25) is 0 Å². The van der Waals surface area contributed by atoms with Gasteiger partial charge in [0, 0.05) is 16.9 Å². The van der Waals surface area contributed by atoms with Crippen LogP contribution in [-0.2, 0) is 6.61 Å². The van der Waals surface area contributed by atoms with E-state index in [9.17, 15) is 9.90 Å². The maximum Gasteiger partial charge on any atom is 0.339 e. The molecule has 0 unspecified atom stereocenters. The van der Waals surface area contributed by atoms with Crippen molar-refractivity contribution in [1.82, 2.24) is 5.16 Å². The van der Waals surface area contributed by atoms with Crippen molar-refractivity contribution in [2.24, 2.45) is 0 Å². The number of fused-ring (bicyclic) bond motifs is 1. The zero-order valence-corrected chi connectivity index (χ0v) is 21.3. The summed E-state index contributed by atoms with van der Waals surface area (Å²) < 4.78 is 17.4. The lowest BCUT2D eigenvalue weighted by atomic mass is 9.99. The maximum absolute atomic E-state index is 11.4. The predicted octanol–water partition coefficient (Wildman–Crippen LogP) is 8.52. The van der Waals surface area contributed by atoms with Crippen molar-refractivity contribution >= 4 is 40.1 Å². The molecule has 0 amide bonds. The Kier molecular flexibility index (Phi) is 5.94. The smallest absolute Gasteiger partial charge is 0.339 e. The van der Waals surface area contributed by atoms with Crippen molar-refractivity contribution < 1.29 is 23.6 Å². The third kappa shape index (κ3) is 4.37. The first kappa shape index (κ1) is 23.6. The number of nitrogens with zero attached hydrogens (tertiary/aromatic N) is 1. The van der Waals surface area contributed by atoms with Crippen LogP contribution in [0.4, 0.5) is 0 Å². The molecule has 0 bridgehead atoms. The van der Waals surface area contributed by atoms with Crippen molar-refractivity contribution in [3.63, 3.8) is 0 Å². The number of aromatic carboxylic acids is 1. The first-order valence-electron chi connectivity index (χ1n) is 11.8. The number of ether oxygens (including phenoxy) is 1. The number of halogens is 2. The van der Waals surface area contributed by atoms with Gasteiger partial charge in [0.1, 0.15) is 41.2 Å². The molecule has 186 valence electrons. The summed E-state index contributed by atoms with van der Waals surface area (Å²) in [5.41, 5.74) is 5.72. The van der Waals surface area contributed by atoms with Gasteiger partial charge in [0.25, 0.3) is 0 Å². The summed E-state index contributed by atoms with van der Waals surface area (Å²) in [6, 6.07) is 16.7. The van der Waals surface area contributed by atoms with E-state index in [1.54, 1.807) is 24.3 Å². The molecule has 6 nitrogen and oxygen atoms in total. The Hall–Kier alpha value is -3.74. The highest BCUT2D eigenvalue weighted by Gasteiger charge is 2.33. The lowest BCUT2D eigenvalue weighted by molar-refractivity contribution is 0.0698. The van der Waals surface area contributed by atoms with Crippen LogP contribution in [0.5, 0.6) is 5.75 Å². The highest BCUT2D eigenvalue weighted by atomic mass is 35.5. The van der Waals surface area contributed by atoms with E-state index in [0.717, 1.165) is 40.9 Å².